The minimum Gasteiger partial charge on any atom is -0.244 e. The van der Waals surface area contributed by atoms with Crippen molar-refractivity contribution in [3.05, 3.63) is 207 Å². The molecular formula is C54H46N6. The van der Waals surface area contributed by atoms with Crippen LogP contribution < -0.4 is 0 Å². The molecule has 5 aromatic carbocycles. The number of rotatable bonds is 10. The van der Waals surface area contributed by atoms with Gasteiger partial charge in [0.05, 0.1) is 51.9 Å². The molecule has 6 heteroatoms. The summed E-state index contributed by atoms with van der Waals surface area (Å²) >= 11 is 0. The molecule has 0 atom stereocenters. The summed E-state index contributed by atoms with van der Waals surface area (Å²) in [6.45, 7) is 17.1. The van der Waals surface area contributed by atoms with Crippen LogP contribution in [0.25, 0.3) is 79.7 Å². The van der Waals surface area contributed by atoms with Gasteiger partial charge < -0.3 is 0 Å². The maximum Gasteiger partial charge on any atom is 0.160 e. The summed E-state index contributed by atoms with van der Waals surface area (Å²) in [5.41, 5.74) is 11.6. The monoisotopic (exact) mass is 778 g/mol. The molecular weight excluding hydrogens is 733 g/mol. The average Bonchev–Trinajstić information content (AvgIpc) is 3.32. The summed E-state index contributed by atoms with van der Waals surface area (Å²) in [6.07, 6.45) is 12.9. The van der Waals surface area contributed by atoms with E-state index >= 15 is 0 Å². The Morgan fingerprint density at radius 2 is 0.950 bits per heavy atom. The fourth-order valence-corrected chi connectivity index (χ4v) is 5.93. The van der Waals surface area contributed by atoms with Crippen molar-refractivity contribution < 1.29 is 0 Å². The largest absolute Gasteiger partial charge is 0.244 e. The lowest BCUT2D eigenvalue weighted by molar-refractivity contribution is 0.849. The highest BCUT2D eigenvalue weighted by Gasteiger charge is 2.17. The molecule has 0 saturated carbocycles. The first kappa shape index (κ1) is 43.1. The van der Waals surface area contributed by atoms with Gasteiger partial charge in [-0.2, -0.15) is 10.5 Å². The third kappa shape index (κ3) is 11.5. The highest BCUT2D eigenvalue weighted by atomic mass is 14.9. The van der Waals surface area contributed by atoms with E-state index in [0.29, 0.717) is 34.2 Å². The van der Waals surface area contributed by atoms with Crippen molar-refractivity contribution in [3.63, 3.8) is 0 Å². The molecule has 0 saturated heterocycles. The van der Waals surface area contributed by atoms with Crippen molar-refractivity contribution in [1.82, 2.24) is 19.9 Å². The van der Waals surface area contributed by atoms with Crippen LogP contribution in [0.1, 0.15) is 37.7 Å². The molecule has 0 amide bonds. The number of allylic oxidation sites excluding steroid dienone is 5. The Hall–Kier alpha value is -8.06. The van der Waals surface area contributed by atoms with Gasteiger partial charge in [0, 0.05) is 33.7 Å². The third-order valence-electron chi connectivity index (χ3n) is 8.87. The van der Waals surface area contributed by atoms with Crippen LogP contribution in [0.2, 0.25) is 0 Å². The van der Waals surface area contributed by atoms with Gasteiger partial charge in [-0.25, -0.2) is 19.9 Å². The van der Waals surface area contributed by atoms with Crippen LogP contribution in [-0.4, -0.2) is 19.9 Å². The number of hydrogen-bond donors (Lipinski definition) is 0. The predicted octanol–water partition coefficient (Wildman–Crippen LogP) is 13.9. The summed E-state index contributed by atoms with van der Waals surface area (Å²) < 4.78 is 0. The molecule has 60 heavy (non-hydrogen) atoms. The summed E-state index contributed by atoms with van der Waals surface area (Å²) in [5, 5.41) is 17.5. The predicted molar refractivity (Wildman–Crippen MR) is 250 cm³/mol. The second-order valence-electron chi connectivity index (χ2n) is 13.6. The van der Waals surface area contributed by atoms with Gasteiger partial charge in [0.2, 0.25) is 0 Å². The summed E-state index contributed by atoms with van der Waals surface area (Å²) in [4.78, 5) is 20.0. The Morgan fingerprint density at radius 1 is 0.500 bits per heavy atom. The SMILES string of the molecule is C=C/C=C\C=C/C.C=Cc1nc(-c2cccc(C#N)c2)c(-c2cccc(-c3cccc(-c4nc(-c5ccccc5)cc(-c5ccccc5)n4)c3)c2)nc1C=C.CC(C)C#N. The van der Waals surface area contributed by atoms with Gasteiger partial charge in [-0.05, 0) is 74.4 Å². The van der Waals surface area contributed by atoms with E-state index in [2.05, 4.69) is 74.3 Å². The van der Waals surface area contributed by atoms with Gasteiger partial charge in [0.1, 0.15) is 0 Å². The molecule has 6 nitrogen and oxygen atoms in total. The Labute approximate surface area is 354 Å². The zero-order valence-electron chi connectivity index (χ0n) is 34.2. The standard InChI is InChI=1S/C43H29N5.C7H10.C4H7N/c1-3-37-38(4-2)46-42(41(45-37)34-21-11-14-29(24-34)28-44)35-22-12-19-32(25-35)33-20-13-23-36(26-33)43-47-39(30-15-7-5-8-16-30)27-40(48-43)31-17-9-6-10-18-31;1-3-5-7-6-4-2;1-4(2)3-5/h3-27H,1-2H2;3-7H,1H2,2H3;4H,1-2H3/b;6-4-,7-5-;. The Bertz CT molecular complexity index is 2660. The maximum atomic E-state index is 9.57. The van der Waals surface area contributed by atoms with Crippen LogP contribution in [0.15, 0.2) is 190 Å². The van der Waals surface area contributed by atoms with Gasteiger partial charge in [-0.3, -0.25) is 0 Å². The van der Waals surface area contributed by atoms with Crippen molar-refractivity contribution in [2.75, 3.05) is 0 Å². The molecule has 292 valence electrons. The van der Waals surface area contributed by atoms with Crippen molar-refractivity contribution in [2.45, 2.75) is 20.8 Å². The second-order valence-corrected chi connectivity index (χ2v) is 13.6. The van der Waals surface area contributed by atoms with Gasteiger partial charge in [-0.1, -0.05) is 159 Å². The fourth-order valence-electron chi connectivity index (χ4n) is 5.93. The minimum atomic E-state index is 0.190. The number of benzene rings is 5. The van der Waals surface area contributed by atoms with Crippen LogP contribution in [0.4, 0.5) is 0 Å². The zero-order chi connectivity index (χ0) is 42.7. The Morgan fingerprint density at radius 3 is 1.42 bits per heavy atom. The van der Waals surface area contributed by atoms with E-state index in [1.54, 1.807) is 24.3 Å². The molecule has 0 fully saturated rings. The molecule has 0 N–H and O–H groups in total. The highest BCUT2D eigenvalue weighted by molar-refractivity contribution is 5.83. The van der Waals surface area contributed by atoms with Gasteiger partial charge >= 0.3 is 0 Å². The summed E-state index contributed by atoms with van der Waals surface area (Å²) in [5.74, 6) is 0.837. The van der Waals surface area contributed by atoms with Crippen molar-refractivity contribution in [2.24, 2.45) is 5.92 Å². The molecule has 0 aliphatic rings. The number of aromatic nitrogens is 4. The first-order valence-electron chi connectivity index (χ1n) is 19.5. The Kier molecular flexibility index (Phi) is 15.8. The molecule has 0 unspecified atom stereocenters. The smallest absolute Gasteiger partial charge is 0.160 e. The summed E-state index contributed by atoms with van der Waals surface area (Å²) in [6, 6.07) is 50.6. The van der Waals surface area contributed by atoms with E-state index in [1.165, 1.54) is 0 Å². The van der Waals surface area contributed by atoms with E-state index in [1.807, 2.05) is 136 Å². The molecule has 0 radical (unpaired) electrons. The van der Waals surface area contributed by atoms with Crippen molar-refractivity contribution in [3.8, 4) is 79.7 Å². The first-order valence-corrected chi connectivity index (χ1v) is 19.5. The third-order valence-corrected chi connectivity index (χ3v) is 8.87. The molecule has 2 heterocycles. The van der Waals surface area contributed by atoms with Gasteiger partial charge in [0.15, 0.2) is 5.82 Å². The van der Waals surface area contributed by atoms with E-state index in [9.17, 15) is 5.26 Å². The van der Waals surface area contributed by atoms with Crippen molar-refractivity contribution in [1.29, 1.82) is 10.5 Å². The molecule has 0 aliphatic heterocycles. The number of nitrogens with zero attached hydrogens (tertiary/aromatic N) is 6. The highest BCUT2D eigenvalue weighted by Crippen LogP contribution is 2.35. The molecule has 7 rings (SSSR count). The minimum absolute atomic E-state index is 0.190. The lowest BCUT2D eigenvalue weighted by Gasteiger charge is -2.14. The van der Waals surface area contributed by atoms with Gasteiger partial charge in [0.25, 0.3) is 0 Å². The molecule has 7 aromatic rings. The van der Waals surface area contributed by atoms with Crippen LogP contribution >= 0.6 is 0 Å². The van der Waals surface area contributed by atoms with Crippen LogP contribution in [-0.2, 0) is 0 Å². The lowest BCUT2D eigenvalue weighted by Crippen LogP contribution is -2.00. The molecule has 2 aromatic heterocycles. The quantitative estimate of drug-likeness (QED) is 0.128. The normalized spacial score (nSPS) is 10.4. The number of nitriles is 2. The average molecular weight is 779 g/mol. The summed E-state index contributed by atoms with van der Waals surface area (Å²) in [7, 11) is 0. The number of hydrogen-bond acceptors (Lipinski definition) is 6. The zero-order valence-corrected chi connectivity index (χ0v) is 34.2. The van der Waals surface area contributed by atoms with Crippen LogP contribution in [0.3, 0.4) is 0 Å². The van der Waals surface area contributed by atoms with E-state index in [0.717, 1.165) is 50.3 Å². The fraction of sp³-hybridized carbons (Fsp3) is 0.0741. The van der Waals surface area contributed by atoms with Crippen molar-refractivity contribution >= 4 is 12.2 Å². The van der Waals surface area contributed by atoms with Crippen LogP contribution in [0, 0.1) is 28.6 Å². The van der Waals surface area contributed by atoms with E-state index < -0.39 is 0 Å². The van der Waals surface area contributed by atoms with Gasteiger partial charge in [-0.15, -0.1) is 0 Å². The molecule has 0 aliphatic carbocycles. The van der Waals surface area contributed by atoms with Crippen LogP contribution in [0.5, 0.6) is 0 Å². The van der Waals surface area contributed by atoms with E-state index in [4.69, 9.17) is 25.2 Å². The molecule has 0 bridgehead atoms. The first-order chi connectivity index (χ1) is 29.3. The topological polar surface area (TPSA) is 99.1 Å². The lowest BCUT2D eigenvalue weighted by atomic mass is 9.97. The molecule has 0 spiro atoms. The maximum absolute atomic E-state index is 9.57. The van der Waals surface area contributed by atoms with E-state index in [-0.39, 0.29) is 5.92 Å². The Balaban J connectivity index is 0.000000500. The second kappa shape index (κ2) is 22.0.